The zero-order chi connectivity index (χ0) is 14.7. The highest BCUT2D eigenvalue weighted by Gasteiger charge is 2.16. The number of aromatic nitrogens is 1. The maximum absolute atomic E-state index is 13.1. The van der Waals surface area contributed by atoms with Crippen molar-refractivity contribution in [2.45, 2.75) is 0 Å². The SMILES string of the molecule is O=C(Nc1ccc(F)c([N+](=O)[O-])c1)c1cccc(Cl)n1. The maximum Gasteiger partial charge on any atom is 0.306 e. The molecule has 1 aromatic carbocycles. The molecule has 1 heterocycles. The van der Waals surface area contributed by atoms with Gasteiger partial charge in [0.25, 0.3) is 5.91 Å². The summed E-state index contributed by atoms with van der Waals surface area (Å²) in [5.41, 5.74) is -0.587. The average Bonchev–Trinajstić information content (AvgIpc) is 2.40. The number of nitro groups is 1. The zero-order valence-corrected chi connectivity index (χ0v) is 10.6. The fourth-order valence-electron chi connectivity index (χ4n) is 1.46. The van der Waals surface area contributed by atoms with Crippen LogP contribution in [0.5, 0.6) is 0 Å². The minimum absolute atomic E-state index is 0.0458. The Kier molecular flexibility index (Phi) is 3.90. The van der Waals surface area contributed by atoms with Crippen LogP contribution in [0.25, 0.3) is 0 Å². The Bertz CT molecular complexity index is 693. The Morgan fingerprint density at radius 2 is 2.10 bits per heavy atom. The summed E-state index contributed by atoms with van der Waals surface area (Å²) in [6, 6.07) is 7.51. The Morgan fingerprint density at radius 3 is 2.75 bits per heavy atom. The third-order valence-corrected chi connectivity index (χ3v) is 2.56. The van der Waals surface area contributed by atoms with Gasteiger partial charge in [-0.25, -0.2) is 4.98 Å². The molecule has 0 saturated heterocycles. The second-order valence-electron chi connectivity index (χ2n) is 3.72. The molecule has 0 aliphatic heterocycles. The minimum Gasteiger partial charge on any atom is -0.320 e. The summed E-state index contributed by atoms with van der Waals surface area (Å²) in [5.74, 6) is -1.58. The number of halogens is 2. The van der Waals surface area contributed by atoms with Crippen LogP contribution in [0.2, 0.25) is 5.15 Å². The molecule has 2 rings (SSSR count). The lowest BCUT2D eigenvalue weighted by atomic mass is 10.2. The molecule has 1 amide bonds. The van der Waals surface area contributed by atoms with Crippen LogP contribution in [0, 0.1) is 15.9 Å². The van der Waals surface area contributed by atoms with Crippen molar-refractivity contribution in [1.29, 1.82) is 0 Å². The van der Waals surface area contributed by atoms with Crippen LogP contribution in [0.15, 0.2) is 36.4 Å². The van der Waals surface area contributed by atoms with Crippen LogP contribution in [0.3, 0.4) is 0 Å². The number of nitrogens with zero attached hydrogens (tertiary/aromatic N) is 2. The van der Waals surface area contributed by atoms with Gasteiger partial charge in [0.05, 0.1) is 4.92 Å². The predicted octanol–water partition coefficient (Wildman–Crippen LogP) is 3.03. The minimum atomic E-state index is -0.978. The molecule has 6 nitrogen and oxygen atoms in total. The van der Waals surface area contributed by atoms with E-state index >= 15 is 0 Å². The van der Waals surface area contributed by atoms with E-state index in [0.29, 0.717) is 0 Å². The van der Waals surface area contributed by atoms with Gasteiger partial charge in [-0.2, -0.15) is 4.39 Å². The van der Waals surface area contributed by atoms with Crippen LogP contribution in [-0.2, 0) is 0 Å². The van der Waals surface area contributed by atoms with Gasteiger partial charge in [0.1, 0.15) is 10.8 Å². The number of hydrogen-bond donors (Lipinski definition) is 1. The van der Waals surface area contributed by atoms with Crippen molar-refractivity contribution < 1.29 is 14.1 Å². The monoisotopic (exact) mass is 295 g/mol. The lowest BCUT2D eigenvalue weighted by Gasteiger charge is -2.05. The highest BCUT2D eigenvalue weighted by atomic mass is 35.5. The molecule has 2 aromatic rings. The second-order valence-corrected chi connectivity index (χ2v) is 4.11. The number of amides is 1. The van der Waals surface area contributed by atoms with E-state index in [1.165, 1.54) is 24.3 Å². The van der Waals surface area contributed by atoms with Crippen LogP contribution >= 0.6 is 11.6 Å². The molecule has 0 fully saturated rings. The fraction of sp³-hybridized carbons (Fsp3) is 0. The molecule has 20 heavy (non-hydrogen) atoms. The topological polar surface area (TPSA) is 85.1 Å². The standard InChI is InChI=1S/C12H7ClFN3O3/c13-11-3-1-2-9(16-11)12(18)15-7-4-5-8(14)10(6-7)17(19)20/h1-6H,(H,15,18). The third-order valence-electron chi connectivity index (χ3n) is 2.35. The zero-order valence-electron chi connectivity index (χ0n) is 9.84. The van der Waals surface area contributed by atoms with E-state index < -0.39 is 22.3 Å². The summed E-state index contributed by atoms with van der Waals surface area (Å²) in [5, 5.41) is 13.1. The molecule has 0 radical (unpaired) electrons. The highest BCUT2D eigenvalue weighted by molar-refractivity contribution is 6.29. The number of pyridine rings is 1. The van der Waals surface area contributed by atoms with Gasteiger partial charge < -0.3 is 5.32 Å². The lowest BCUT2D eigenvalue weighted by Crippen LogP contribution is -2.13. The van der Waals surface area contributed by atoms with Gasteiger partial charge in [0.2, 0.25) is 5.82 Å². The van der Waals surface area contributed by atoms with Crippen LogP contribution in [-0.4, -0.2) is 15.8 Å². The Hall–Kier alpha value is -2.54. The van der Waals surface area contributed by atoms with Gasteiger partial charge in [-0.3, -0.25) is 14.9 Å². The van der Waals surface area contributed by atoms with Crippen molar-refractivity contribution in [3.05, 3.63) is 63.2 Å². The molecule has 102 valence electrons. The molecule has 1 aromatic heterocycles. The summed E-state index contributed by atoms with van der Waals surface area (Å²) < 4.78 is 13.1. The fourth-order valence-corrected chi connectivity index (χ4v) is 1.62. The van der Waals surface area contributed by atoms with E-state index in [9.17, 15) is 19.3 Å². The van der Waals surface area contributed by atoms with Gasteiger partial charge in [0.15, 0.2) is 0 Å². The number of nitrogens with one attached hydrogen (secondary N) is 1. The first-order chi connectivity index (χ1) is 9.47. The number of hydrogen-bond acceptors (Lipinski definition) is 4. The molecular formula is C12H7ClFN3O3. The number of nitro benzene ring substituents is 1. The molecule has 8 heteroatoms. The molecule has 1 N–H and O–H groups in total. The van der Waals surface area contributed by atoms with E-state index in [0.717, 1.165) is 12.1 Å². The number of carbonyl (C=O) groups is 1. The largest absolute Gasteiger partial charge is 0.320 e. The lowest BCUT2D eigenvalue weighted by molar-refractivity contribution is -0.387. The van der Waals surface area contributed by atoms with Gasteiger partial charge >= 0.3 is 5.69 Å². The number of anilines is 1. The van der Waals surface area contributed by atoms with E-state index in [1.54, 1.807) is 0 Å². The summed E-state index contributed by atoms with van der Waals surface area (Å²) in [7, 11) is 0. The maximum atomic E-state index is 13.1. The van der Waals surface area contributed by atoms with Gasteiger partial charge in [-0.15, -0.1) is 0 Å². The summed E-state index contributed by atoms with van der Waals surface area (Å²) in [6.45, 7) is 0. The van der Waals surface area contributed by atoms with Crippen molar-refractivity contribution in [2.24, 2.45) is 0 Å². The van der Waals surface area contributed by atoms with Crippen molar-refractivity contribution in [1.82, 2.24) is 4.98 Å². The first kappa shape index (κ1) is 13.9. The molecule has 0 saturated carbocycles. The Balaban J connectivity index is 2.24. The molecular weight excluding hydrogens is 289 g/mol. The Morgan fingerprint density at radius 1 is 1.35 bits per heavy atom. The van der Waals surface area contributed by atoms with E-state index in [1.807, 2.05) is 0 Å². The van der Waals surface area contributed by atoms with Crippen LogP contribution in [0.4, 0.5) is 15.8 Å². The quantitative estimate of drug-likeness (QED) is 0.536. The molecule has 0 bridgehead atoms. The van der Waals surface area contributed by atoms with Gasteiger partial charge in [-0.1, -0.05) is 17.7 Å². The first-order valence-electron chi connectivity index (χ1n) is 5.35. The molecule has 0 spiro atoms. The Labute approximate surface area is 117 Å². The highest BCUT2D eigenvalue weighted by Crippen LogP contribution is 2.22. The number of rotatable bonds is 3. The van der Waals surface area contributed by atoms with Crippen molar-refractivity contribution >= 4 is 28.9 Å². The third kappa shape index (κ3) is 3.07. The normalized spacial score (nSPS) is 10.1. The average molecular weight is 296 g/mol. The molecule has 0 atom stereocenters. The summed E-state index contributed by atoms with van der Waals surface area (Å²) in [4.78, 5) is 25.4. The molecule has 0 unspecified atom stereocenters. The second kappa shape index (κ2) is 5.62. The summed E-state index contributed by atoms with van der Waals surface area (Å²) >= 11 is 5.65. The van der Waals surface area contributed by atoms with E-state index in [2.05, 4.69) is 10.3 Å². The van der Waals surface area contributed by atoms with Gasteiger partial charge in [0, 0.05) is 11.8 Å². The van der Waals surface area contributed by atoms with Crippen LogP contribution in [0.1, 0.15) is 10.5 Å². The van der Waals surface area contributed by atoms with Crippen molar-refractivity contribution in [3.8, 4) is 0 Å². The summed E-state index contributed by atoms with van der Waals surface area (Å²) in [6.07, 6.45) is 0. The van der Waals surface area contributed by atoms with Crippen molar-refractivity contribution in [2.75, 3.05) is 5.32 Å². The van der Waals surface area contributed by atoms with Crippen molar-refractivity contribution in [3.63, 3.8) is 0 Å². The first-order valence-corrected chi connectivity index (χ1v) is 5.73. The number of benzene rings is 1. The smallest absolute Gasteiger partial charge is 0.306 e. The number of carbonyl (C=O) groups excluding carboxylic acids is 1. The molecule has 0 aliphatic rings. The van der Waals surface area contributed by atoms with Crippen LogP contribution < -0.4 is 5.32 Å². The van der Waals surface area contributed by atoms with E-state index in [-0.39, 0.29) is 16.5 Å². The van der Waals surface area contributed by atoms with E-state index in [4.69, 9.17) is 11.6 Å². The molecule has 0 aliphatic carbocycles. The van der Waals surface area contributed by atoms with Gasteiger partial charge in [-0.05, 0) is 24.3 Å². The predicted molar refractivity (Wildman–Crippen MR) is 70.3 cm³/mol.